The average molecular weight is 913 g/mol. The van der Waals surface area contributed by atoms with E-state index in [4.69, 9.17) is 56.8 Å². The maximum atomic E-state index is 11.4. The number of rotatable bonds is 13. The molecule has 0 saturated carbocycles. The van der Waals surface area contributed by atoms with E-state index >= 15 is 0 Å². The van der Waals surface area contributed by atoms with Gasteiger partial charge < -0.3 is 133 Å². The van der Waals surface area contributed by atoms with Crippen molar-refractivity contribution in [2.45, 2.75) is 186 Å². The monoisotopic (exact) mass is 912 g/mol. The smallest absolute Gasteiger partial charge is 0.187 e. The lowest BCUT2D eigenvalue weighted by Gasteiger charge is -2.52. The molecule has 6 fully saturated rings. The van der Waals surface area contributed by atoms with Gasteiger partial charge in [0.15, 0.2) is 37.7 Å². The van der Waals surface area contributed by atoms with Crippen molar-refractivity contribution in [3.8, 4) is 0 Å². The lowest BCUT2D eigenvalue weighted by atomic mass is 9.95. The number of ether oxygens (including phenoxy) is 12. The largest absolute Gasteiger partial charge is 0.394 e. The molecule has 6 aliphatic rings. The fourth-order valence-corrected chi connectivity index (χ4v) is 8.02. The van der Waals surface area contributed by atoms with Gasteiger partial charge in [0.2, 0.25) is 0 Å². The SMILES string of the molecule is CO[C@@H]1CO[C@@H](O[C@H]2[C@@H](O[C@H]3O[C@H](C)[C@@H](O)[C@H](O)[C@@H]3O)[C@H](O[C@H]3O[C@H](CO)[C@H](O)[C@H](O)[C@H]3O)[C@H](O[C@@H]3[C@@H](O)[C@H](O)O[C@H](CO)[C@H]3O[C@@H]3OC[C@@H](O)[C@H](O)[C@H]3O)O[C@H]2C)[C@H](O)[C@H]1O. The van der Waals surface area contributed by atoms with E-state index in [-0.39, 0.29) is 6.61 Å². The summed E-state index contributed by atoms with van der Waals surface area (Å²) in [4.78, 5) is 0. The Morgan fingerprint density at radius 1 is 0.403 bits per heavy atom. The van der Waals surface area contributed by atoms with Crippen LogP contribution in [0.4, 0.5) is 0 Å². The summed E-state index contributed by atoms with van der Waals surface area (Å²) in [7, 11) is 1.26. The third-order valence-corrected chi connectivity index (χ3v) is 11.8. The van der Waals surface area contributed by atoms with Crippen LogP contribution in [0.15, 0.2) is 0 Å². The molecule has 362 valence electrons. The van der Waals surface area contributed by atoms with Gasteiger partial charge in [-0.1, -0.05) is 0 Å². The Labute approximate surface area is 352 Å². The van der Waals surface area contributed by atoms with Gasteiger partial charge in [-0.15, -0.1) is 0 Å². The molecule has 6 aliphatic heterocycles. The molecular weight excluding hydrogens is 852 g/mol. The Hall–Kier alpha value is -1.08. The second-order valence-electron chi connectivity index (χ2n) is 16.0. The minimum atomic E-state index is -2.11. The van der Waals surface area contributed by atoms with Crippen molar-refractivity contribution in [1.82, 2.24) is 0 Å². The summed E-state index contributed by atoms with van der Waals surface area (Å²) < 4.78 is 69.8. The highest BCUT2D eigenvalue weighted by molar-refractivity contribution is 5.00. The standard InChI is InChI=1S/C35H60O27/c1-8-14(39)18(43)22(47)33(54-8)61-28-25(58-32-21(46)17(42)13(51-3)7-53-32)9(2)55-35(29(28)62-34-23(48)19(44)16(41)11(4-36)57-34)60-27-24(49)30(50)56-12(5-37)26(27)59-31-20(45)15(40)10(38)6-52-31/h8-50H,4-7H2,1-3H3/t8-,9+,10-,11-,12-,13-,14-,15+,16+,17+,18+,19+,20-,21-,22+,23-,24-,25-,26-,27-,28-,29+,30-,31+,32+,33-,34-,35+/m1/s1. The molecule has 6 rings (SSSR count). The Morgan fingerprint density at radius 3 is 1.53 bits per heavy atom. The molecular formula is C35H60O27. The van der Waals surface area contributed by atoms with Gasteiger partial charge in [-0.3, -0.25) is 0 Å². The lowest BCUT2D eigenvalue weighted by molar-refractivity contribution is -0.418. The molecule has 6 heterocycles. The molecule has 6 saturated heterocycles. The van der Waals surface area contributed by atoms with E-state index in [1.54, 1.807) is 0 Å². The molecule has 28 atom stereocenters. The fraction of sp³-hybridized carbons (Fsp3) is 1.00. The van der Waals surface area contributed by atoms with Gasteiger partial charge in [0, 0.05) is 7.11 Å². The molecule has 27 nitrogen and oxygen atoms in total. The topological polar surface area (TPSA) is 414 Å². The van der Waals surface area contributed by atoms with Crippen LogP contribution < -0.4 is 0 Å². The van der Waals surface area contributed by atoms with Crippen LogP contribution in [0.1, 0.15) is 13.8 Å². The van der Waals surface area contributed by atoms with Crippen LogP contribution in [-0.2, 0) is 56.8 Å². The maximum Gasteiger partial charge on any atom is 0.187 e. The highest BCUT2D eigenvalue weighted by Crippen LogP contribution is 2.39. The molecule has 0 radical (unpaired) electrons. The van der Waals surface area contributed by atoms with E-state index in [1.165, 1.54) is 21.0 Å². The quantitative estimate of drug-likeness (QED) is 0.0816. The zero-order valence-electron chi connectivity index (χ0n) is 33.6. The zero-order valence-corrected chi connectivity index (χ0v) is 33.6. The summed E-state index contributed by atoms with van der Waals surface area (Å²) in [5.41, 5.74) is 0. The molecule has 0 aromatic rings. The second-order valence-corrected chi connectivity index (χ2v) is 16.0. The fourth-order valence-electron chi connectivity index (χ4n) is 8.02. The Balaban J connectivity index is 1.41. The molecule has 62 heavy (non-hydrogen) atoms. The minimum absolute atomic E-state index is 0.303. The first-order valence-corrected chi connectivity index (χ1v) is 20.0. The average Bonchev–Trinajstić information content (AvgIpc) is 3.25. The lowest BCUT2D eigenvalue weighted by Crippen LogP contribution is -2.69. The van der Waals surface area contributed by atoms with Crippen LogP contribution in [0.2, 0.25) is 0 Å². The number of hydrogen-bond donors (Lipinski definition) is 15. The first kappa shape index (κ1) is 50.3. The van der Waals surface area contributed by atoms with E-state index in [2.05, 4.69) is 0 Å². The van der Waals surface area contributed by atoms with Gasteiger partial charge in [0.25, 0.3) is 0 Å². The van der Waals surface area contributed by atoms with Crippen molar-refractivity contribution in [3.05, 3.63) is 0 Å². The van der Waals surface area contributed by atoms with Crippen molar-refractivity contribution in [2.24, 2.45) is 0 Å². The zero-order chi connectivity index (χ0) is 45.5. The Kier molecular flexibility index (Phi) is 17.3. The van der Waals surface area contributed by atoms with Crippen molar-refractivity contribution < 1.29 is 133 Å². The molecule has 15 N–H and O–H groups in total. The van der Waals surface area contributed by atoms with Crippen LogP contribution >= 0.6 is 0 Å². The molecule has 0 aliphatic carbocycles. The molecule has 0 spiro atoms. The Morgan fingerprint density at radius 2 is 0.903 bits per heavy atom. The van der Waals surface area contributed by atoms with Crippen LogP contribution in [0.25, 0.3) is 0 Å². The van der Waals surface area contributed by atoms with Crippen molar-refractivity contribution in [2.75, 3.05) is 33.5 Å². The predicted octanol–water partition coefficient (Wildman–Crippen LogP) is -10.1. The minimum Gasteiger partial charge on any atom is -0.394 e. The molecule has 0 aromatic heterocycles. The normalized spacial score (nSPS) is 54.3. The number of methoxy groups -OCH3 is 1. The first-order chi connectivity index (χ1) is 29.3. The van der Waals surface area contributed by atoms with E-state index in [0.717, 1.165) is 0 Å². The molecule has 0 aromatic carbocycles. The van der Waals surface area contributed by atoms with Gasteiger partial charge in [0.1, 0.15) is 122 Å². The van der Waals surface area contributed by atoms with E-state index in [1.807, 2.05) is 0 Å². The third-order valence-electron chi connectivity index (χ3n) is 11.8. The van der Waals surface area contributed by atoms with E-state index < -0.39 is 192 Å². The first-order valence-electron chi connectivity index (χ1n) is 20.0. The summed E-state index contributed by atoms with van der Waals surface area (Å²) in [6, 6.07) is 0. The molecule has 0 bridgehead atoms. The van der Waals surface area contributed by atoms with Gasteiger partial charge >= 0.3 is 0 Å². The van der Waals surface area contributed by atoms with Gasteiger partial charge in [0.05, 0.1) is 38.6 Å². The van der Waals surface area contributed by atoms with Crippen molar-refractivity contribution in [1.29, 1.82) is 0 Å². The van der Waals surface area contributed by atoms with Crippen LogP contribution in [0.3, 0.4) is 0 Å². The predicted molar refractivity (Wildman–Crippen MR) is 189 cm³/mol. The number of aliphatic hydroxyl groups is 15. The van der Waals surface area contributed by atoms with Crippen molar-refractivity contribution >= 4 is 0 Å². The van der Waals surface area contributed by atoms with Gasteiger partial charge in [-0.25, -0.2) is 0 Å². The van der Waals surface area contributed by atoms with E-state index in [9.17, 15) is 76.6 Å². The molecule has 0 amide bonds. The summed E-state index contributed by atoms with van der Waals surface area (Å²) in [5.74, 6) is 0. The summed E-state index contributed by atoms with van der Waals surface area (Å²) in [5, 5.41) is 160. The molecule has 0 unspecified atom stereocenters. The summed E-state index contributed by atoms with van der Waals surface area (Å²) in [6.07, 6.45) is -49.4. The maximum absolute atomic E-state index is 11.4. The van der Waals surface area contributed by atoms with Crippen LogP contribution in [-0.4, -0.2) is 282 Å². The summed E-state index contributed by atoms with van der Waals surface area (Å²) in [6.45, 7) is 0.0140. The van der Waals surface area contributed by atoms with E-state index in [0.29, 0.717) is 0 Å². The van der Waals surface area contributed by atoms with Gasteiger partial charge in [-0.2, -0.15) is 0 Å². The van der Waals surface area contributed by atoms with Crippen molar-refractivity contribution in [3.63, 3.8) is 0 Å². The third kappa shape index (κ3) is 10.2. The Bertz CT molecular complexity index is 1390. The second kappa shape index (κ2) is 21.3. The number of hydrogen-bond acceptors (Lipinski definition) is 27. The van der Waals surface area contributed by atoms with Crippen LogP contribution in [0, 0.1) is 0 Å². The van der Waals surface area contributed by atoms with Gasteiger partial charge in [-0.05, 0) is 13.8 Å². The highest BCUT2D eigenvalue weighted by atomic mass is 16.8. The number of aliphatic hydroxyl groups excluding tert-OH is 15. The highest BCUT2D eigenvalue weighted by Gasteiger charge is 2.58. The summed E-state index contributed by atoms with van der Waals surface area (Å²) >= 11 is 0. The van der Waals surface area contributed by atoms with Crippen LogP contribution in [0.5, 0.6) is 0 Å². The molecule has 27 heteroatoms.